The lowest BCUT2D eigenvalue weighted by atomic mass is 9.78. The number of allylic oxidation sites excluding steroid dienone is 1. The van der Waals surface area contributed by atoms with Crippen molar-refractivity contribution in [1.82, 2.24) is 0 Å². The van der Waals surface area contributed by atoms with Crippen LogP contribution in [-0.4, -0.2) is 29.5 Å². The first-order chi connectivity index (χ1) is 8.10. The van der Waals surface area contributed by atoms with Crippen LogP contribution in [-0.2, 0) is 4.74 Å². The zero-order valence-corrected chi connectivity index (χ0v) is 9.14. The van der Waals surface area contributed by atoms with Crippen molar-refractivity contribution in [1.29, 1.82) is 10.5 Å². The summed E-state index contributed by atoms with van der Waals surface area (Å²) < 4.78 is 4.70. The topological polar surface area (TPSA) is 97.3 Å². The Bertz CT molecular complexity index is 511. The van der Waals surface area contributed by atoms with E-state index in [-0.39, 0.29) is 17.9 Å². The average Bonchev–Trinajstić information content (AvgIpc) is 2.30. The third kappa shape index (κ3) is 2.29. The highest BCUT2D eigenvalue weighted by molar-refractivity contribution is 5.51. The summed E-state index contributed by atoms with van der Waals surface area (Å²) in [7, 11) is 1.43. The second-order valence-corrected chi connectivity index (χ2v) is 3.34. The minimum atomic E-state index is -1.99. The highest BCUT2D eigenvalue weighted by Gasteiger charge is 2.42. The molecule has 0 radical (unpaired) electrons. The minimum Gasteiger partial charge on any atom is -0.507 e. The zero-order chi connectivity index (χ0) is 12.9. The van der Waals surface area contributed by atoms with Gasteiger partial charge in [-0.05, 0) is 6.08 Å². The van der Waals surface area contributed by atoms with Crippen LogP contribution in [0.15, 0.2) is 23.5 Å². The quantitative estimate of drug-likeness (QED) is 0.636. The van der Waals surface area contributed by atoms with Gasteiger partial charge in [-0.15, -0.1) is 0 Å². The van der Waals surface area contributed by atoms with Crippen LogP contribution in [0, 0.1) is 40.4 Å². The molecule has 0 spiro atoms. The summed E-state index contributed by atoms with van der Waals surface area (Å²) in [6.07, 6.45) is 2.51. The molecule has 1 rings (SSSR count). The Hall–Kier alpha value is -2.26. The van der Waals surface area contributed by atoms with Crippen molar-refractivity contribution < 1.29 is 14.9 Å². The number of ether oxygens (including phenoxy) is 1. The highest BCUT2D eigenvalue weighted by atomic mass is 16.5. The van der Waals surface area contributed by atoms with E-state index in [1.54, 1.807) is 6.07 Å². The van der Waals surface area contributed by atoms with Crippen LogP contribution < -0.4 is 0 Å². The van der Waals surface area contributed by atoms with Gasteiger partial charge in [0, 0.05) is 7.11 Å². The molecule has 86 valence electrons. The molecule has 5 nitrogen and oxygen atoms in total. The molecule has 0 amide bonds. The molecule has 0 heterocycles. The Morgan fingerprint density at radius 2 is 2.24 bits per heavy atom. The summed E-state index contributed by atoms with van der Waals surface area (Å²) in [5.41, 5.74) is -2.31. The van der Waals surface area contributed by atoms with E-state index in [9.17, 15) is 10.2 Å². The predicted octanol–water partition coefficient (Wildman–Crippen LogP) is 0.413. The second-order valence-electron chi connectivity index (χ2n) is 3.34. The summed E-state index contributed by atoms with van der Waals surface area (Å²) in [5.74, 6) is 3.50. The number of aliphatic hydroxyl groups is 2. The van der Waals surface area contributed by atoms with E-state index in [2.05, 4.69) is 11.8 Å². The molecule has 0 saturated carbocycles. The van der Waals surface area contributed by atoms with E-state index in [4.69, 9.17) is 15.3 Å². The highest BCUT2D eigenvalue weighted by Crippen LogP contribution is 2.32. The Labute approximate surface area is 98.9 Å². The van der Waals surface area contributed by atoms with Crippen LogP contribution >= 0.6 is 0 Å². The molecule has 1 aliphatic carbocycles. The third-order valence-corrected chi connectivity index (χ3v) is 2.28. The molecule has 0 aromatic heterocycles. The van der Waals surface area contributed by atoms with Gasteiger partial charge in [-0.25, -0.2) is 0 Å². The van der Waals surface area contributed by atoms with Crippen molar-refractivity contribution in [3.05, 3.63) is 23.5 Å². The van der Waals surface area contributed by atoms with Gasteiger partial charge in [0.25, 0.3) is 0 Å². The number of hydrogen-bond acceptors (Lipinski definition) is 5. The third-order valence-electron chi connectivity index (χ3n) is 2.28. The SMILES string of the molecule is COCC#CC1(O)C(C#N)=C(O)C=CC1C#N. The van der Waals surface area contributed by atoms with Crippen LogP contribution in [0.4, 0.5) is 0 Å². The first-order valence-corrected chi connectivity index (χ1v) is 4.73. The fourth-order valence-electron chi connectivity index (χ4n) is 1.42. The maximum absolute atomic E-state index is 10.2. The molecule has 2 atom stereocenters. The van der Waals surface area contributed by atoms with Gasteiger partial charge >= 0.3 is 0 Å². The molecular weight excluding hydrogens is 220 g/mol. The smallest absolute Gasteiger partial charge is 0.183 e. The summed E-state index contributed by atoms with van der Waals surface area (Å²) in [5, 5.41) is 37.5. The molecule has 0 aromatic carbocycles. The van der Waals surface area contributed by atoms with Gasteiger partial charge in [-0.3, -0.25) is 0 Å². The maximum Gasteiger partial charge on any atom is 0.183 e. The first-order valence-electron chi connectivity index (χ1n) is 4.73. The average molecular weight is 230 g/mol. The van der Waals surface area contributed by atoms with E-state index in [0.717, 1.165) is 0 Å². The van der Waals surface area contributed by atoms with E-state index >= 15 is 0 Å². The van der Waals surface area contributed by atoms with E-state index in [0.29, 0.717) is 0 Å². The lowest BCUT2D eigenvalue weighted by Crippen LogP contribution is -2.39. The summed E-state index contributed by atoms with van der Waals surface area (Å²) in [6, 6.07) is 3.50. The Balaban J connectivity index is 3.26. The first kappa shape index (κ1) is 12.8. The standard InChI is InChI=1S/C12H10N2O3/c1-17-6-2-5-12(16)9(7-13)3-4-11(15)10(12)8-14/h3-4,9,15-16H,6H2,1H3. The van der Waals surface area contributed by atoms with Crippen molar-refractivity contribution in [3.63, 3.8) is 0 Å². The number of hydrogen-bond donors (Lipinski definition) is 2. The van der Waals surface area contributed by atoms with Crippen molar-refractivity contribution in [2.24, 2.45) is 5.92 Å². The van der Waals surface area contributed by atoms with Gasteiger partial charge in [0.1, 0.15) is 29.9 Å². The van der Waals surface area contributed by atoms with Crippen molar-refractivity contribution in [2.75, 3.05) is 13.7 Å². The number of aliphatic hydroxyl groups excluding tert-OH is 1. The monoisotopic (exact) mass is 230 g/mol. The van der Waals surface area contributed by atoms with Crippen molar-refractivity contribution >= 4 is 0 Å². The molecule has 0 aliphatic heterocycles. The van der Waals surface area contributed by atoms with Crippen LogP contribution in [0.2, 0.25) is 0 Å². The largest absolute Gasteiger partial charge is 0.507 e. The van der Waals surface area contributed by atoms with Crippen LogP contribution in [0.25, 0.3) is 0 Å². The Morgan fingerprint density at radius 3 is 2.76 bits per heavy atom. The number of methoxy groups -OCH3 is 1. The molecule has 2 N–H and O–H groups in total. The normalized spacial score (nSPS) is 26.7. The summed E-state index contributed by atoms with van der Waals surface area (Å²) in [6.45, 7) is 0.0592. The number of nitrogens with zero attached hydrogens (tertiary/aromatic N) is 2. The minimum absolute atomic E-state index is 0.0592. The van der Waals surface area contributed by atoms with Crippen molar-refractivity contribution in [2.45, 2.75) is 5.60 Å². The predicted molar refractivity (Wildman–Crippen MR) is 58.1 cm³/mol. The molecule has 1 aliphatic rings. The molecule has 2 unspecified atom stereocenters. The Morgan fingerprint density at radius 1 is 1.53 bits per heavy atom. The van der Waals surface area contributed by atoms with E-state index < -0.39 is 11.5 Å². The molecule has 5 heteroatoms. The molecule has 0 fully saturated rings. The lowest BCUT2D eigenvalue weighted by molar-refractivity contribution is 0.113. The van der Waals surface area contributed by atoms with Gasteiger partial charge in [0.2, 0.25) is 0 Å². The van der Waals surface area contributed by atoms with Crippen LogP contribution in [0.5, 0.6) is 0 Å². The van der Waals surface area contributed by atoms with Gasteiger partial charge in [-0.2, -0.15) is 10.5 Å². The second kappa shape index (κ2) is 5.18. The fourth-order valence-corrected chi connectivity index (χ4v) is 1.42. The fraction of sp³-hybridized carbons (Fsp3) is 0.333. The molecule has 17 heavy (non-hydrogen) atoms. The van der Waals surface area contributed by atoms with Gasteiger partial charge < -0.3 is 14.9 Å². The van der Waals surface area contributed by atoms with Crippen LogP contribution in [0.3, 0.4) is 0 Å². The molecule has 0 saturated heterocycles. The molecule has 0 bridgehead atoms. The van der Waals surface area contributed by atoms with Crippen LogP contribution in [0.1, 0.15) is 0 Å². The molecule has 0 aromatic rings. The maximum atomic E-state index is 10.2. The lowest BCUT2D eigenvalue weighted by Gasteiger charge is -2.27. The number of rotatable bonds is 1. The zero-order valence-electron chi connectivity index (χ0n) is 9.14. The van der Waals surface area contributed by atoms with E-state index in [1.165, 1.54) is 19.3 Å². The van der Waals surface area contributed by atoms with Crippen molar-refractivity contribution in [3.8, 4) is 24.0 Å². The van der Waals surface area contributed by atoms with Gasteiger partial charge in [0.05, 0.1) is 6.07 Å². The van der Waals surface area contributed by atoms with Gasteiger partial charge in [-0.1, -0.05) is 17.9 Å². The molecular formula is C12H10N2O3. The number of nitriles is 2. The van der Waals surface area contributed by atoms with E-state index in [1.807, 2.05) is 6.07 Å². The summed E-state index contributed by atoms with van der Waals surface area (Å²) in [4.78, 5) is 0. The Kier molecular flexibility index (Phi) is 3.91. The van der Waals surface area contributed by atoms with Gasteiger partial charge in [0.15, 0.2) is 5.60 Å². The summed E-state index contributed by atoms with van der Waals surface area (Å²) >= 11 is 0.